The van der Waals surface area contributed by atoms with Gasteiger partial charge in [0.15, 0.2) is 0 Å². The van der Waals surface area contributed by atoms with E-state index in [1.54, 1.807) is 0 Å². The summed E-state index contributed by atoms with van der Waals surface area (Å²) in [6.45, 7) is 0. The van der Waals surface area contributed by atoms with Gasteiger partial charge in [-0.2, -0.15) is 0 Å². The minimum atomic E-state index is 0.869. The maximum Gasteiger partial charge on any atom is 0.143 e. The van der Waals surface area contributed by atoms with Crippen molar-refractivity contribution in [1.29, 1.82) is 0 Å². The van der Waals surface area contributed by atoms with Crippen LogP contribution in [0.4, 0.5) is 17.1 Å². The number of nitrogens with zero attached hydrogens (tertiary/aromatic N) is 2. The molecule has 0 saturated heterocycles. The second-order valence-electron chi connectivity index (χ2n) is 14.9. The maximum atomic E-state index is 6.66. The first kappa shape index (κ1) is 32.4. The van der Waals surface area contributed by atoms with Gasteiger partial charge in [0.25, 0.3) is 0 Å². The summed E-state index contributed by atoms with van der Waals surface area (Å²) in [5, 5.41) is 6.84. The lowest BCUT2D eigenvalue weighted by Crippen LogP contribution is -2.10. The first-order chi connectivity index (χ1) is 28.8. The average molecular weight is 743 g/mol. The van der Waals surface area contributed by atoms with E-state index >= 15 is 0 Å². The van der Waals surface area contributed by atoms with Gasteiger partial charge in [0.2, 0.25) is 0 Å². The highest BCUT2D eigenvalue weighted by Gasteiger charge is 2.22. The number of para-hydroxylation sites is 7. The third-order valence-corrected chi connectivity index (χ3v) is 11.6. The summed E-state index contributed by atoms with van der Waals surface area (Å²) in [4.78, 5) is 2.37. The van der Waals surface area contributed by atoms with E-state index in [2.05, 4.69) is 191 Å². The Balaban J connectivity index is 1.15. The molecular weight excluding hydrogens is 709 g/mol. The Hall–Kier alpha value is -7.82. The van der Waals surface area contributed by atoms with Crippen LogP contribution in [-0.4, -0.2) is 4.57 Å². The number of hydrogen-bond acceptors (Lipinski definition) is 3. The van der Waals surface area contributed by atoms with Crippen LogP contribution in [0.15, 0.2) is 215 Å². The molecule has 0 radical (unpaired) electrons. The molecule has 0 aliphatic heterocycles. The third-order valence-electron chi connectivity index (χ3n) is 11.6. The molecular formula is C54H34N2O2. The first-order valence-electron chi connectivity index (χ1n) is 19.7. The van der Waals surface area contributed by atoms with Crippen molar-refractivity contribution in [3.8, 4) is 27.9 Å². The van der Waals surface area contributed by atoms with E-state index in [0.717, 1.165) is 94.4 Å². The minimum Gasteiger partial charge on any atom is -0.455 e. The Morgan fingerprint density at radius 1 is 0.328 bits per heavy atom. The molecule has 12 aromatic rings. The predicted molar refractivity (Wildman–Crippen MR) is 241 cm³/mol. The predicted octanol–water partition coefficient (Wildman–Crippen LogP) is 15.4. The van der Waals surface area contributed by atoms with Crippen LogP contribution >= 0.6 is 0 Å². The van der Waals surface area contributed by atoms with Crippen molar-refractivity contribution in [2.75, 3.05) is 4.90 Å². The molecule has 0 saturated carbocycles. The van der Waals surface area contributed by atoms with E-state index in [4.69, 9.17) is 8.83 Å². The van der Waals surface area contributed by atoms with Gasteiger partial charge in [0.05, 0.1) is 11.0 Å². The molecule has 12 rings (SSSR count). The highest BCUT2D eigenvalue weighted by Crippen LogP contribution is 2.45. The fourth-order valence-corrected chi connectivity index (χ4v) is 8.98. The van der Waals surface area contributed by atoms with Crippen LogP contribution in [0.5, 0.6) is 0 Å². The fourth-order valence-electron chi connectivity index (χ4n) is 8.98. The van der Waals surface area contributed by atoms with Crippen molar-refractivity contribution in [1.82, 2.24) is 4.57 Å². The highest BCUT2D eigenvalue weighted by atomic mass is 16.3. The fraction of sp³-hybridized carbons (Fsp3) is 0. The summed E-state index contributed by atoms with van der Waals surface area (Å²) in [5.41, 5.74) is 14.2. The molecule has 0 N–H and O–H groups in total. The van der Waals surface area contributed by atoms with Gasteiger partial charge in [0.1, 0.15) is 22.3 Å². The van der Waals surface area contributed by atoms with Crippen molar-refractivity contribution in [3.05, 3.63) is 206 Å². The summed E-state index contributed by atoms with van der Waals surface area (Å²) in [6.07, 6.45) is 0. The average Bonchev–Trinajstić information content (AvgIpc) is 3.97. The smallest absolute Gasteiger partial charge is 0.143 e. The molecule has 0 fully saturated rings. The lowest BCUT2D eigenvalue weighted by atomic mass is 9.95. The van der Waals surface area contributed by atoms with Gasteiger partial charge in [-0.1, -0.05) is 133 Å². The van der Waals surface area contributed by atoms with E-state index in [-0.39, 0.29) is 0 Å². The Bertz CT molecular complexity index is 3390. The SMILES string of the molecule is c1ccc(N(c2cc(-c3cccc4c3oc3ccccc34)cc(-c3cccc4c3oc3ccccc34)c2)c2ccc3c4ccccc4n(-c4ccccc4)c3c2)cc1. The van der Waals surface area contributed by atoms with Crippen molar-refractivity contribution < 1.29 is 8.83 Å². The molecule has 0 unspecified atom stereocenters. The zero-order valence-corrected chi connectivity index (χ0v) is 31.3. The van der Waals surface area contributed by atoms with Gasteiger partial charge in [-0.25, -0.2) is 0 Å². The van der Waals surface area contributed by atoms with E-state index in [1.165, 1.54) is 16.3 Å². The Labute approximate surface area is 334 Å². The summed E-state index contributed by atoms with van der Waals surface area (Å²) >= 11 is 0. The number of benzene rings is 9. The van der Waals surface area contributed by atoms with Gasteiger partial charge in [-0.05, 0) is 83.9 Å². The highest BCUT2D eigenvalue weighted by molar-refractivity contribution is 6.13. The Morgan fingerprint density at radius 3 is 1.48 bits per heavy atom. The summed E-state index contributed by atoms with van der Waals surface area (Å²) in [7, 11) is 0. The van der Waals surface area contributed by atoms with Crippen molar-refractivity contribution in [2.24, 2.45) is 0 Å². The molecule has 0 aliphatic rings. The van der Waals surface area contributed by atoms with Crippen molar-refractivity contribution in [3.63, 3.8) is 0 Å². The van der Waals surface area contributed by atoms with Gasteiger partial charge < -0.3 is 18.3 Å². The quantitative estimate of drug-likeness (QED) is 0.170. The van der Waals surface area contributed by atoms with Crippen LogP contribution in [0.1, 0.15) is 0 Å². The van der Waals surface area contributed by atoms with E-state index < -0.39 is 0 Å². The molecule has 0 spiro atoms. The summed E-state index contributed by atoms with van der Waals surface area (Å²) in [6, 6.07) is 73.2. The molecule has 0 bridgehead atoms. The molecule has 0 amide bonds. The molecule has 4 nitrogen and oxygen atoms in total. The lowest BCUT2D eigenvalue weighted by Gasteiger charge is -2.27. The van der Waals surface area contributed by atoms with Gasteiger partial charge in [-0.3, -0.25) is 0 Å². The molecule has 4 heteroatoms. The standard InChI is InChI=1S/C54H34N2O2/c1-3-15-37(16-4-1)55(39-29-30-44-43-19-7-10-26-49(43)56(50(44)34-39)38-17-5-2-6-18-38)40-32-35(41-22-13-24-47-45-20-8-11-27-51(45)57-53(41)47)31-36(33-40)42-23-14-25-48-46-21-9-12-28-52(46)58-54(42)48/h1-34H. The number of aromatic nitrogens is 1. The maximum absolute atomic E-state index is 6.66. The molecule has 58 heavy (non-hydrogen) atoms. The second-order valence-corrected chi connectivity index (χ2v) is 14.9. The van der Waals surface area contributed by atoms with Crippen LogP contribution in [0, 0.1) is 0 Å². The normalized spacial score (nSPS) is 11.8. The zero-order chi connectivity index (χ0) is 38.2. The second kappa shape index (κ2) is 12.9. The van der Waals surface area contributed by atoms with Crippen LogP contribution in [-0.2, 0) is 0 Å². The number of rotatable bonds is 6. The number of hydrogen-bond donors (Lipinski definition) is 0. The molecule has 0 aliphatic carbocycles. The van der Waals surface area contributed by atoms with Crippen LogP contribution in [0.25, 0.3) is 93.6 Å². The van der Waals surface area contributed by atoms with E-state index in [0.29, 0.717) is 0 Å². The van der Waals surface area contributed by atoms with E-state index in [1.807, 2.05) is 24.3 Å². The summed E-state index contributed by atoms with van der Waals surface area (Å²) in [5.74, 6) is 0. The topological polar surface area (TPSA) is 34.5 Å². The number of fused-ring (bicyclic) bond motifs is 9. The van der Waals surface area contributed by atoms with E-state index in [9.17, 15) is 0 Å². The van der Waals surface area contributed by atoms with Gasteiger partial charge >= 0.3 is 0 Å². The largest absolute Gasteiger partial charge is 0.455 e. The molecule has 9 aromatic carbocycles. The number of anilines is 3. The van der Waals surface area contributed by atoms with Crippen LogP contribution in [0.2, 0.25) is 0 Å². The number of furan rings is 2. The van der Waals surface area contributed by atoms with Crippen molar-refractivity contribution >= 4 is 82.7 Å². The van der Waals surface area contributed by atoms with Gasteiger partial charge in [0, 0.05) is 66.2 Å². The molecule has 3 heterocycles. The lowest BCUT2D eigenvalue weighted by molar-refractivity contribution is 0.670. The molecule has 0 atom stereocenters. The minimum absolute atomic E-state index is 0.869. The zero-order valence-electron chi connectivity index (χ0n) is 31.3. The molecule has 3 aromatic heterocycles. The summed E-state index contributed by atoms with van der Waals surface area (Å²) < 4.78 is 15.7. The van der Waals surface area contributed by atoms with Crippen LogP contribution < -0.4 is 4.90 Å². The Kier molecular flexibility index (Phi) is 7.20. The Morgan fingerprint density at radius 2 is 0.845 bits per heavy atom. The molecule has 272 valence electrons. The van der Waals surface area contributed by atoms with Gasteiger partial charge in [-0.15, -0.1) is 0 Å². The van der Waals surface area contributed by atoms with Crippen LogP contribution in [0.3, 0.4) is 0 Å². The third kappa shape index (κ3) is 5.02. The first-order valence-corrected chi connectivity index (χ1v) is 19.7. The monoisotopic (exact) mass is 742 g/mol. The van der Waals surface area contributed by atoms with Crippen molar-refractivity contribution in [2.45, 2.75) is 0 Å².